The van der Waals surface area contributed by atoms with Gasteiger partial charge in [-0.25, -0.2) is 4.98 Å². The van der Waals surface area contributed by atoms with Crippen LogP contribution in [0.3, 0.4) is 0 Å². The fraction of sp³-hybridized carbons (Fsp3) is 0.389. The van der Waals surface area contributed by atoms with E-state index < -0.39 is 31.1 Å². The topological polar surface area (TPSA) is 135 Å². The van der Waals surface area contributed by atoms with E-state index >= 15 is 0 Å². The van der Waals surface area contributed by atoms with Crippen LogP contribution in [0.2, 0.25) is 5.28 Å². The molecular formula is C18H20ClN5O5. The summed E-state index contributed by atoms with van der Waals surface area (Å²) in [4.78, 5) is 12.7. The molecule has 3 heterocycles. The van der Waals surface area contributed by atoms with Crippen LogP contribution in [-0.2, 0) is 11.3 Å². The maximum absolute atomic E-state index is 10.3. The first-order valence-electron chi connectivity index (χ1n) is 8.91. The molecule has 0 spiro atoms. The molecule has 1 aliphatic heterocycles. The summed E-state index contributed by atoms with van der Waals surface area (Å²) in [6.45, 7) is 0.0186. The summed E-state index contributed by atoms with van der Waals surface area (Å²) < 4.78 is 12.2. The van der Waals surface area contributed by atoms with Gasteiger partial charge in [0.05, 0.1) is 20.0 Å². The summed E-state index contributed by atoms with van der Waals surface area (Å²) in [5.41, 5.74) is 1.72. The fourth-order valence-electron chi connectivity index (χ4n) is 3.28. The monoisotopic (exact) mass is 421 g/mol. The number of fused-ring (bicyclic) bond motifs is 1. The molecule has 3 aromatic rings. The molecule has 4 atom stereocenters. The minimum atomic E-state index is -1.26. The number of methoxy groups -OCH3 is 1. The van der Waals surface area contributed by atoms with Crippen LogP contribution < -0.4 is 10.1 Å². The second kappa shape index (κ2) is 8.09. The number of anilines is 1. The number of ether oxygens (including phenoxy) is 2. The van der Waals surface area contributed by atoms with E-state index in [1.54, 1.807) is 7.11 Å². The van der Waals surface area contributed by atoms with Gasteiger partial charge in [-0.05, 0) is 29.3 Å². The predicted molar refractivity (Wildman–Crippen MR) is 104 cm³/mol. The van der Waals surface area contributed by atoms with Gasteiger partial charge < -0.3 is 30.1 Å². The summed E-state index contributed by atoms with van der Waals surface area (Å²) in [7, 11) is 1.60. The molecule has 0 amide bonds. The molecule has 1 aliphatic rings. The lowest BCUT2D eigenvalue weighted by Crippen LogP contribution is -2.33. The van der Waals surface area contributed by atoms with Gasteiger partial charge in [-0.1, -0.05) is 12.1 Å². The normalized spacial score (nSPS) is 24.2. The van der Waals surface area contributed by atoms with E-state index in [9.17, 15) is 15.3 Å². The molecule has 1 aromatic carbocycles. The van der Waals surface area contributed by atoms with Gasteiger partial charge in [-0.3, -0.25) is 4.57 Å². The quantitative estimate of drug-likeness (QED) is 0.424. The molecule has 154 valence electrons. The average molecular weight is 422 g/mol. The lowest BCUT2D eigenvalue weighted by atomic mass is 10.1. The van der Waals surface area contributed by atoms with E-state index in [2.05, 4.69) is 20.3 Å². The number of benzene rings is 1. The first kappa shape index (κ1) is 19.8. The van der Waals surface area contributed by atoms with Crippen molar-refractivity contribution in [3.05, 3.63) is 41.4 Å². The molecule has 11 heteroatoms. The lowest BCUT2D eigenvalue weighted by Gasteiger charge is -2.16. The number of nitrogens with one attached hydrogen (secondary N) is 1. The number of aliphatic hydroxyl groups is 3. The third-order valence-corrected chi connectivity index (χ3v) is 4.95. The smallest absolute Gasteiger partial charge is 0.226 e. The zero-order valence-corrected chi connectivity index (χ0v) is 16.2. The van der Waals surface area contributed by atoms with Gasteiger partial charge in [0.2, 0.25) is 5.28 Å². The third-order valence-electron chi connectivity index (χ3n) is 4.78. The van der Waals surface area contributed by atoms with Crippen LogP contribution >= 0.6 is 11.6 Å². The summed E-state index contributed by atoms with van der Waals surface area (Å²) in [6, 6.07) is 7.57. The number of aromatic nitrogens is 4. The highest BCUT2D eigenvalue weighted by molar-refractivity contribution is 6.28. The highest BCUT2D eigenvalue weighted by atomic mass is 35.5. The van der Waals surface area contributed by atoms with Crippen molar-refractivity contribution in [3.63, 3.8) is 0 Å². The van der Waals surface area contributed by atoms with Crippen molar-refractivity contribution in [2.75, 3.05) is 19.0 Å². The molecule has 0 aliphatic carbocycles. The largest absolute Gasteiger partial charge is 0.497 e. The van der Waals surface area contributed by atoms with Crippen LogP contribution in [0, 0.1) is 0 Å². The van der Waals surface area contributed by atoms with Crippen LogP contribution in [0.5, 0.6) is 5.75 Å². The van der Waals surface area contributed by atoms with Crippen molar-refractivity contribution in [2.45, 2.75) is 31.1 Å². The van der Waals surface area contributed by atoms with Gasteiger partial charge in [0.1, 0.15) is 24.1 Å². The average Bonchev–Trinajstić information content (AvgIpc) is 3.27. The Kier molecular flexibility index (Phi) is 5.52. The summed E-state index contributed by atoms with van der Waals surface area (Å²) in [5.74, 6) is 1.15. The van der Waals surface area contributed by atoms with E-state index in [1.807, 2.05) is 24.3 Å². The Hall–Kier alpha value is -2.50. The molecule has 0 bridgehead atoms. The highest BCUT2D eigenvalue weighted by Crippen LogP contribution is 2.32. The van der Waals surface area contributed by atoms with Gasteiger partial charge in [0.25, 0.3) is 0 Å². The van der Waals surface area contributed by atoms with Crippen LogP contribution in [0.25, 0.3) is 11.2 Å². The minimum Gasteiger partial charge on any atom is -0.497 e. The van der Waals surface area contributed by atoms with E-state index in [1.165, 1.54) is 10.9 Å². The van der Waals surface area contributed by atoms with Crippen LogP contribution in [-0.4, -0.2) is 66.9 Å². The molecule has 0 unspecified atom stereocenters. The Morgan fingerprint density at radius 1 is 1.28 bits per heavy atom. The van der Waals surface area contributed by atoms with Crippen molar-refractivity contribution in [1.82, 2.24) is 19.5 Å². The molecule has 10 nitrogen and oxygen atoms in total. The minimum absolute atomic E-state index is 0.0147. The maximum Gasteiger partial charge on any atom is 0.226 e. The molecule has 1 fully saturated rings. The summed E-state index contributed by atoms with van der Waals surface area (Å²) in [6.07, 6.45) is -2.94. The van der Waals surface area contributed by atoms with Crippen LogP contribution in [0.15, 0.2) is 30.6 Å². The molecule has 0 saturated carbocycles. The number of hydrogen-bond donors (Lipinski definition) is 4. The molecule has 29 heavy (non-hydrogen) atoms. The van der Waals surface area contributed by atoms with Crippen molar-refractivity contribution >= 4 is 28.6 Å². The maximum atomic E-state index is 10.3. The molecule has 2 aromatic heterocycles. The van der Waals surface area contributed by atoms with Crippen LogP contribution in [0.1, 0.15) is 11.8 Å². The zero-order chi connectivity index (χ0) is 20.5. The van der Waals surface area contributed by atoms with Crippen molar-refractivity contribution < 1.29 is 24.8 Å². The van der Waals surface area contributed by atoms with E-state index in [-0.39, 0.29) is 5.28 Å². The van der Waals surface area contributed by atoms with Crippen molar-refractivity contribution in [2.24, 2.45) is 0 Å². The van der Waals surface area contributed by atoms with Gasteiger partial charge >= 0.3 is 0 Å². The molecule has 4 rings (SSSR count). The molecular weight excluding hydrogens is 402 g/mol. The Balaban J connectivity index is 1.63. The molecule has 0 radical (unpaired) electrons. The fourth-order valence-corrected chi connectivity index (χ4v) is 3.44. The number of aliphatic hydroxyl groups excluding tert-OH is 3. The van der Waals surface area contributed by atoms with Gasteiger partial charge in [0, 0.05) is 6.54 Å². The third kappa shape index (κ3) is 3.72. The number of imidazole rings is 1. The van der Waals surface area contributed by atoms with E-state index in [0.29, 0.717) is 23.5 Å². The first-order valence-corrected chi connectivity index (χ1v) is 9.29. The zero-order valence-electron chi connectivity index (χ0n) is 15.4. The Labute approximate surface area is 170 Å². The number of halogens is 1. The summed E-state index contributed by atoms with van der Waals surface area (Å²) in [5, 5.41) is 32.8. The Bertz CT molecular complexity index is 1020. The van der Waals surface area contributed by atoms with E-state index in [0.717, 1.165) is 11.3 Å². The number of nitrogens with zero attached hydrogens (tertiary/aromatic N) is 4. The lowest BCUT2D eigenvalue weighted by molar-refractivity contribution is -0.0511. The van der Waals surface area contributed by atoms with Crippen molar-refractivity contribution in [1.29, 1.82) is 0 Å². The summed E-state index contributed by atoms with van der Waals surface area (Å²) >= 11 is 6.09. The standard InChI is InChI=1S/C18H20ClN5O5/c1-28-10-4-2-3-9(5-10)6-20-15-12-16(23-18(19)22-15)24(8-21-12)17-14(27)13(26)11(7-25)29-17/h2-5,8,11,13-14,17,25-27H,6-7H2,1H3,(H,20,22,23)/t11-,13-,14-,17-/m1/s1. The van der Waals surface area contributed by atoms with Crippen molar-refractivity contribution in [3.8, 4) is 5.75 Å². The first-order chi connectivity index (χ1) is 14.0. The molecule has 4 N–H and O–H groups in total. The number of hydrogen-bond acceptors (Lipinski definition) is 9. The Morgan fingerprint density at radius 3 is 2.83 bits per heavy atom. The van der Waals surface area contributed by atoms with Gasteiger partial charge in [-0.15, -0.1) is 0 Å². The molecule has 1 saturated heterocycles. The van der Waals surface area contributed by atoms with Crippen LogP contribution in [0.4, 0.5) is 5.82 Å². The van der Waals surface area contributed by atoms with Gasteiger partial charge in [0.15, 0.2) is 23.2 Å². The SMILES string of the molecule is COc1cccc(CNc2nc(Cl)nc3c2ncn3[C@@H]2O[C@H](CO)[C@@H](O)[C@H]2O)c1. The second-order valence-electron chi connectivity index (χ2n) is 6.60. The highest BCUT2D eigenvalue weighted by Gasteiger charge is 2.44. The van der Waals surface area contributed by atoms with Gasteiger partial charge in [-0.2, -0.15) is 9.97 Å². The number of rotatable bonds is 6. The van der Waals surface area contributed by atoms with E-state index in [4.69, 9.17) is 21.1 Å². The Morgan fingerprint density at radius 2 is 2.10 bits per heavy atom. The predicted octanol–water partition coefficient (Wildman–Crippen LogP) is 0.712. The second-order valence-corrected chi connectivity index (χ2v) is 6.94.